The predicted octanol–water partition coefficient (Wildman–Crippen LogP) is 4.05. The van der Waals surface area contributed by atoms with E-state index in [0.717, 1.165) is 7.11 Å². The summed E-state index contributed by atoms with van der Waals surface area (Å²) >= 11 is 0. The third-order valence-electron chi connectivity index (χ3n) is 6.68. The zero-order valence-corrected chi connectivity index (χ0v) is 22.8. The van der Waals surface area contributed by atoms with E-state index in [9.17, 15) is 19.6 Å². The van der Waals surface area contributed by atoms with Crippen molar-refractivity contribution in [2.75, 3.05) is 33.3 Å². The number of esters is 3. The molecule has 3 aromatic carbocycles. The number of methoxy groups -OCH3 is 4. The molecule has 0 amide bonds. The van der Waals surface area contributed by atoms with Gasteiger partial charge in [-0.25, -0.2) is 14.4 Å². The molecule has 0 saturated carbocycles. The number of allylic oxidation sites excluding steroid dienone is 1. The Hall–Kier alpha value is -5.56. The first-order valence-corrected chi connectivity index (χ1v) is 12.3. The molecule has 0 aliphatic carbocycles. The van der Waals surface area contributed by atoms with Crippen LogP contribution >= 0.6 is 0 Å². The molecule has 0 bridgehead atoms. The highest BCUT2D eigenvalue weighted by Gasteiger charge is 2.43. The first-order chi connectivity index (χ1) is 19.8. The Morgan fingerprint density at radius 1 is 0.805 bits per heavy atom. The normalized spacial score (nSPS) is 14.7. The second kappa shape index (κ2) is 12.1. The summed E-state index contributed by atoms with van der Waals surface area (Å²) in [6.45, 7) is 0. The highest BCUT2D eigenvalue weighted by molar-refractivity contribution is 6.09. The lowest BCUT2D eigenvalue weighted by Gasteiger charge is -2.37. The molecule has 0 saturated heterocycles. The number of nitrogens with zero attached hydrogens (tertiary/aromatic N) is 2. The molecule has 0 radical (unpaired) electrons. The molecule has 1 unspecified atom stereocenters. The first kappa shape index (κ1) is 28.4. The van der Waals surface area contributed by atoms with E-state index < -0.39 is 23.8 Å². The van der Waals surface area contributed by atoms with Crippen LogP contribution in [0.2, 0.25) is 0 Å². The van der Waals surface area contributed by atoms with Gasteiger partial charge in [0.1, 0.15) is 17.3 Å². The summed E-state index contributed by atoms with van der Waals surface area (Å²) in [5, 5.41) is 10.3. The van der Waals surface area contributed by atoms with Gasteiger partial charge in [-0.2, -0.15) is 5.26 Å². The van der Waals surface area contributed by atoms with Crippen molar-refractivity contribution in [3.8, 4) is 22.9 Å². The number of carbonyl (C=O) groups is 3. The molecule has 1 heterocycles. The molecule has 208 valence electrons. The van der Waals surface area contributed by atoms with Crippen molar-refractivity contribution in [2.24, 2.45) is 5.73 Å². The van der Waals surface area contributed by atoms with Crippen LogP contribution in [0.1, 0.15) is 21.8 Å². The van der Waals surface area contributed by atoms with Gasteiger partial charge in [-0.1, -0.05) is 48.5 Å². The van der Waals surface area contributed by atoms with E-state index in [1.807, 2.05) is 0 Å². The smallest absolute Gasteiger partial charge is 0.355 e. The van der Waals surface area contributed by atoms with Gasteiger partial charge in [0.05, 0.1) is 62.8 Å². The maximum atomic E-state index is 13.5. The van der Waals surface area contributed by atoms with Gasteiger partial charge in [0.2, 0.25) is 0 Å². The Bertz CT molecular complexity index is 1600. The fourth-order valence-electron chi connectivity index (χ4n) is 4.83. The van der Waals surface area contributed by atoms with Crippen molar-refractivity contribution in [1.29, 1.82) is 5.26 Å². The van der Waals surface area contributed by atoms with Gasteiger partial charge in [0, 0.05) is 5.56 Å². The molecule has 1 aliphatic rings. The summed E-state index contributed by atoms with van der Waals surface area (Å²) in [5.74, 6) is -3.02. The Balaban J connectivity index is 2.15. The van der Waals surface area contributed by atoms with Crippen LogP contribution in [0.5, 0.6) is 5.75 Å². The van der Waals surface area contributed by atoms with E-state index in [2.05, 4.69) is 6.07 Å². The van der Waals surface area contributed by atoms with Crippen molar-refractivity contribution in [1.82, 2.24) is 0 Å². The van der Waals surface area contributed by atoms with Crippen molar-refractivity contribution in [3.63, 3.8) is 0 Å². The van der Waals surface area contributed by atoms with E-state index >= 15 is 0 Å². The van der Waals surface area contributed by atoms with Crippen LogP contribution in [0.4, 0.5) is 5.69 Å². The van der Waals surface area contributed by atoms with E-state index in [4.69, 9.17) is 24.7 Å². The maximum Gasteiger partial charge on any atom is 0.355 e. The molecule has 3 aromatic rings. The van der Waals surface area contributed by atoms with Crippen molar-refractivity contribution >= 4 is 23.6 Å². The third-order valence-corrected chi connectivity index (χ3v) is 6.68. The molecular weight excluding hydrogens is 526 g/mol. The average molecular weight is 554 g/mol. The number of hydrogen-bond acceptors (Lipinski definition) is 10. The average Bonchev–Trinajstić information content (AvgIpc) is 3.03. The van der Waals surface area contributed by atoms with Gasteiger partial charge >= 0.3 is 17.9 Å². The summed E-state index contributed by atoms with van der Waals surface area (Å²) in [6.07, 6.45) is 0. The van der Waals surface area contributed by atoms with E-state index in [0.29, 0.717) is 22.4 Å². The number of rotatable bonds is 7. The number of nitriles is 1. The highest BCUT2D eigenvalue weighted by Crippen LogP contribution is 2.46. The van der Waals surface area contributed by atoms with Crippen LogP contribution in [-0.4, -0.2) is 46.3 Å². The van der Waals surface area contributed by atoms with Gasteiger partial charge in [0.25, 0.3) is 0 Å². The fraction of sp³-hybridized carbons (Fsp3) is 0.161. The molecule has 4 rings (SSSR count). The Kier molecular flexibility index (Phi) is 8.39. The number of nitrogens with two attached hydrogens (primary N) is 1. The Morgan fingerprint density at radius 2 is 1.44 bits per heavy atom. The van der Waals surface area contributed by atoms with Crippen LogP contribution < -0.4 is 15.4 Å². The van der Waals surface area contributed by atoms with E-state index in [-0.39, 0.29) is 33.9 Å². The summed E-state index contributed by atoms with van der Waals surface area (Å²) in [7, 11) is 5.10. The first-order valence-electron chi connectivity index (χ1n) is 12.3. The summed E-state index contributed by atoms with van der Waals surface area (Å²) in [6, 6.07) is 22.4. The van der Waals surface area contributed by atoms with Crippen molar-refractivity contribution in [2.45, 2.75) is 5.92 Å². The number of carbonyl (C=O) groups excluding carboxylic acids is 3. The second-order valence-corrected chi connectivity index (χ2v) is 8.76. The van der Waals surface area contributed by atoms with Crippen LogP contribution in [-0.2, 0) is 23.8 Å². The molecule has 1 aliphatic heterocycles. The molecule has 0 aromatic heterocycles. The molecule has 2 N–H and O–H groups in total. The molecule has 0 fully saturated rings. The van der Waals surface area contributed by atoms with Gasteiger partial charge in [-0.05, 0) is 35.4 Å². The van der Waals surface area contributed by atoms with Crippen LogP contribution in [0.25, 0.3) is 11.1 Å². The van der Waals surface area contributed by atoms with Gasteiger partial charge in [-0.15, -0.1) is 0 Å². The summed E-state index contributed by atoms with van der Waals surface area (Å²) in [5.41, 5.74) is 8.03. The minimum atomic E-state index is -1.03. The minimum absolute atomic E-state index is 0.00611. The summed E-state index contributed by atoms with van der Waals surface area (Å²) in [4.78, 5) is 41.1. The zero-order valence-electron chi connectivity index (χ0n) is 22.8. The standard InChI is InChI=1S/C31H27N3O7/c1-38-20-15-13-19(14-16-20)24-21(29(35)39-2)11-8-12-23(24)34-27(31(37)41-4)26(30(36)40-3)25(22(17-32)28(34)33)18-9-6-5-7-10-18/h5-16,25H,33H2,1-4H3. The number of anilines is 1. The molecule has 10 heteroatoms. The van der Waals surface area contributed by atoms with Gasteiger partial charge in [-0.3, -0.25) is 4.90 Å². The molecule has 0 spiro atoms. The topological polar surface area (TPSA) is 141 Å². The SMILES string of the molecule is COC(=O)C1=C(C(=O)OC)N(c2cccc(C(=O)OC)c2-c2ccc(OC)cc2)C(N)=C(C#N)C1c1ccccc1. The molecule has 41 heavy (non-hydrogen) atoms. The van der Waals surface area contributed by atoms with Gasteiger partial charge < -0.3 is 24.7 Å². The maximum absolute atomic E-state index is 13.5. The number of ether oxygens (including phenoxy) is 4. The highest BCUT2D eigenvalue weighted by atomic mass is 16.5. The van der Waals surface area contributed by atoms with Crippen molar-refractivity contribution < 1.29 is 33.3 Å². The molecular formula is C31H27N3O7. The zero-order chi connectivity index (χ0) is 29.7. The van der Waals surface area contributed by atoms with Gasteiger partial charge in [0.15, 0.2) is 0 Å². The van der Waals surface area contributed by atoms with Crippen LogP contribution in [0.15, 0.2) is 95.5 Å². The lowest BCUT2D eigenvalue weighted by atomic mass is 9.80. The molecule has 10 nitrogen and oxygen atoms in total. The van der Waals surface area contributed by atoms with E-state index in [1.165, 1.54) is 26.2 Å². The lowest BCUT2D eigenvalue weighted by Crippen LogP contribution is -2.41. The van der Waals surface area contributed by atoms with Crippen LogP contribution in [0, 0.1) is 11.3 Å². The Labute approximate surface area is 236 Å². The number of hydrogen-bond donors (Lipinski definition) is 1. The second-order valence-electron chi connectivity index (χ2n) is 8.76. The monoisotopic (exact) mass is 553 g/mol. The third kappa shape index (κ3) is 5.08. The quantitative estimate of drug-likeness (QED) is 0.336. The Morgan fingerprint density at radius 3 is 2.00 bits per heavy atom. The summed E-state index contributed by atoms with van der Waals surface area (Å²) < 4.78 is 20.6. The lowest BCUT2D eigenvalue weighted by molar-refractivity contribution is -0.139. The largest absolute Gasteiger partial charge is 0.497 e. The van der Waals surface area contributed by atoms with Crippen LogP contribution in [0.3, 0.4) is 0 Å². The number of benzene rings is 3. The van der Waals surface area contributed by atoms with Crippen molar-refractivity contribution in [3.05, 3.63) is 107 Å². The van der Waals surface area contributed by atoms with E-state index in [1.54, 1.807) is 72.8 Å². The predicted molar refractivity (Wildman–Crippen MR) is 149 cm³/mol. The minimum Gasteiger partial charge on any atom is -0.497 e. The fourth-order valence-corrected chi connectivity index (χ4v) is 4.83. The molecule has 1 atom stereocenters.